The van der Waals surface area contributed by atoms with Gasteiger partial charge in [0.25, 0.3) is 0 Å². The molecule has 1 saturated heterocycles. The normalized spacial score (nSPS) is 41.7. The molecule has 3 aliphatic rings. The Kier molecular flexibility index (Phi) is 5.29. The van der Waals surface area contributed by atoms with E-state index in [1.807, 2.05) is 6.08 Å². The average molecular weight is 378 g/mol. The van der Waals surface area contributed by atoms with Crippen LogP contribution in [0.15, 0.2) is 36.1 Å². The summed E-state index contributed by atoms with van der Waals surface area (Å²) in [5.41, 5.74) is -1.87. The third-order valence-electron chi connectivity index (χ3n) is 5.77. The van der Waals surface area contributed by atoms with Gasteiger partial charge in [-0.25, -0.2) is 4.79 Å². The Morgan fingerprint density at radius 3 is 2.74 bits per heavy atom. The van der Waals surface area contributed by atoms with Crippen LogP contribution < -0.4 is 0 Å². The largest absolute Gasteiger partial charge is 0.470 e. The molecule has 3 rings (SSSR count). The summed E-state index contributed by atoms with van der Waals surface area (Å²) in [6.07, 6.45) is 1.28. The van der Waals surface area contributed by atoms with Crippen molar-refractivity contribution in [3.05, 3.63) is 36.1 Å². The second-order valence-corrected chi connectivity index (χ2v) is 7.44. The van der Waals surface area contributed by atoms with E-state index < -0.39 is 53.8 Å². The molecule has 2 N–H and O–H groups in total. The molecule has 0 aromatic heterocycles. The number of hydrogen-bond donors (Lipinski definition) is 2. The van der Waals surface area contributed by atoms with Gasteiger partial charge < -0.3 is 24.4 Å². The van der Waals surface area contributed by atoms with E-state index in [1.54, 1.807) is 20.8 Å². The van der Waals surface area contributed by atoms with Gasteiger partial charge in [0, 0.05) is 23.8 Å². The first kappa shape index (κ1) is 19.8. The molecule has 27 heavy (non-hydrogen) atoms. The number of allylic oxidation sites excluding steroid dienone is 2. The molecule has 2 aliphatic heterocycles. The predicted octanol–water partition coefficient (Wildman–Crippen LogP) is 1.40. The zero-order chi connectivity index (χ0) is 19.9. The summed E-state index contributed by atoms with van der Waals surface area (Å²) >= 11 is 0. The first-order valence-electron chi connectivity index (χ1n) is 9.16. The molecule has 0 aromatic carbocycles. The second kappa shape index (κ2) is 7.22. The molecular weight excluding hydrogens is 352 g/mol. The molecule has 7 heteroatoms. The van der Waals surface area contributed by atoms with Crippen LogP contribution in [0.3, 0.4) is 0 Å². The van der Waals surface area contributed by atoms with Gasteiger partial charge in [0.15, 0.2) is 11.4 Å². The van der Waals surface area contributed by atoms with Crippen LogP contribution in [0.1, 0.15) is 33.6 Å². The zero-order valence-corrected chi connectivity index (χ0v) is 15.8. The fraction of sp³-hybridized carbons (Fsp3) is 0.600. The van der Waals surface area contributed by atoms with E-state index in [0.717, 1.165) is 0 Å². The van der Waals surface area contributed by atoms with Crippen molar-refractivity contribution in [2.45, 2.75) is 63.8 Å². The summed E-state index contributed by atoms with van der Waals surface area (Å²) in [7, 11) is 0. The summed E-state index contributed by atoms with van der Waals surface area (Å²) in [6.45, 7) is 8.79. The summed E-state index contributed by atoms with van der Waals surface area (Å²) in [4.78, 5) is 25.0. The third-order valence-corrected chi connectivity index (χ3v) is 5.77. The van der Waals surface area contributed by atoms with Crippen LogP contribution >= 0.6 is 0 Å². The lowest BCUT2D eigenvalue weighted by atomic mass is 9.77. The number of ketones is 1. The van der Waals surface area contributed by atoms with Crippen molar-refractivity contribution >= 4 is 11.8 Å². The van der Waals surface area contributed by atoms with Gasteiger partial charge in [-0.15, -0.1) is 0 Å². The van der Waals surface area contributed by atoms with Gasteiger partial charge in [-0.1, -0.05) is 19.6 Å². The summed E-state index contributed by atoms with van der Waals surface area (Å²) < 4.78 is 17.0. The van der Waals surface area contributed by atoms with Gasteiger partial charge >= 0.3 is 5.97 Å². The molecule has 7 unspecified atom stereocenters. The van der Waals surface area contributed by atoms with Crippen molar-refractivity contribution in [3.8, 4) is 0 Å². The van der Waals surface area contributed by atoms with E-state index in [0.29, 0.717) is 12.2 Å². The number of fused-ring (bicyclic) bond motifs is 1. The molecule has 0 amide bonds. The van der Waals surface area contributed by atoms with E-state index in [2.05, 4.69) is 6.58 Å². The van der Waals surface area contributed by atoms with Crippen molar-refractivity contribution in [1.29, 1.82) is 0 Å². The first-order chi connectivity index (χ1) is 12.7. The molecule has 0 radical (unpaired) electrons. The summed E-state index contributed by atoms with van der Waals surface area (Å²) in [6, 6.07) is 0. The fourth-order valence-corrected chi connectivity index (χ4v) is 4.09. The van der Waals surface area contributed by atoms with Gasteiger partial charge in [0.05, 0.1) is 11.9 Å². The molecular formula is C20H26O7. The highest BCUT2D eigenvalue weighted by atomic mass is 16.7. The highest BCUT2D eigenvalue weighted by molar-refractivity contribution is 5.98. The third kappa shape index (κ3) is 3.24. The Morgan fingerprint density at radius 2 is 2.15 bits per heavy atom. The Balaban J connectivity index is 2.04. The number of carbonyl (C=O) groups is 2. The predicted molar refractivity (Wildman–Crippen MR) is 95.2 cm³/mol. The molecule has 0 spiro atoms. The molecule has 0 bridgehead atoms. The minimum absolute atomic E-state index is 0.143. The van der Waals surface area contributed by atoms with Crippen molar-refractivity contribution < 1.29 is 34.0 Å². The van der Waals surface area contributed by atoms with Crippen LogP contribution in [0.4, 0.5) is 0 Å². The fourth-order valence-electron chi connectivity index (χ4n) is 4.09. The smallest absolute Gasteiger partial charge is 0.334 e. The average Bonchev–Trinajstić information content (AvgIpc) is 3.14. The van der Waals surface area contributed by atoms with Crippen LogP contribution in [0.2, 0.25) is 0 Å². The molecule has 7 atom stereocenters. The topological polar surface area (TPSA) is 102 Å². The minimum Gasteiger partial charge on any atom is -0.470 e. The van der Waals surface area contributed by atoms with Gasteiger partial charge in [0.1, 0.15) is 12.2 Å². The molecule has 0 aromatic rings. The molecule has 2 heterocycles. The quantitative estimate of drug-likeness (QED) is 0.563. The van der Waals surface area contributed by atoms with Gasteiger partial charge in [-0.2, -0.15) is 0 Å². The number of ether oxygens (including phenoxy) is 3. The molecule has 7 nitrogen and oxygen atoms in total. The summed E-state index contributed by atoms with van der Waals surface area (Å²) in [5, 5.41) is 22.2. The van der Waals surface area contributed by atoms with Crippen LogP contribution in [0, 0.1) is 11.8 Å². The second-order valence-electron chi connectivity index (χ2n) is 7.44. The highest BCUT2D eigenvalue weighted by Gasteiger charge is 2.61. The van der Waals surface area contributed by atoms with Crippen LogP contribution in [0.25, 0.3) is 0 Å². The van der Waals surface area contributed by atoms with Gasteiger partial charge in [0.2, 0.25) is 6.29 Å². The molecule has 2 fully saturated rings. The number of rotatable bonds is 4. The van der Waals surface area contributed by atoms with Crippen LogP contribution in [-0.4, -0.2) is 52.2 Å². The maximum Gasteiger partial charge on any atom is 0.334 e. The Hall–Kier alpha value is -1.96. The maximum absolute atomic E-state index is 12.9. The van der Waals surface area contributed by atoms with Crippen molar-refractivity contribution in [1.82, 2.24) is 0 Å². The van der Waals surface area contributed by atoms with E-state index in [4.69, 9.17) is 14.2 Å². The molecule has 1 aliphatic carbocycles. The van der Waals surface area contributed by atoms with E-state index >= 15 is 0 Å². The Morgan fingerprint density at radius 1 is 1.44 bits per heavy atom. The number of aliphatic hydroxyl groups excluding tert-OH is 1. The standard InChI is InChI=1S/C20H26O7/c1-5-6-15(22)20(24)12(4)14(21)9-13-11(3)19(23)27-17(13)18(20)26-16-8-7-10(2)25-16/h5-7,12-14,16-18,21,24H,3,8-9H2,1-2,4H3. The lowest BCUT2D eigenvalue weighted by Gasteiger charge is -2.40. The minimum atomic E-state index is -2.09. The lowest BCUT2D eigenvalue weighted by molar-refractivity contribution is -0.232. The first-order valence-corrected chi connectivity index (χ1v) is 9.16. The maximum atomic E-state index is 12.9. The van der Waals surface area contributed by atoms with Crippen molar-refractivity contribution in [2.24, 2.45) is 11.8 Å². The van der Waals surface area contributed by atoms with Crippen molar-refractivity contribution in [3.63, 3.8) is 0 Å². The van der Waals surface area contributed by atoms with Gasteiger partial charge in [-0.05, 0) is 32.4 Å². The molecule has 1 saturated carbocycles. The SMILES string of the molecule is C=C1C(=O)OC2C1CC(O)C(C)C(O)(C(=O)C=CC)C2OC1CC=C(C)O1. The highest BCUT2D eigenvalue weighted by Crippen LogP contribution is 2.45. The van der Waals surface area contributed by atoms with Crippen molar-refractivity contribution in [2.75, 3.05) is 0 Å². The lowest BCUT2D eigenvalue weighted by Crippen LogP contribution is -2.61. The van der Waals surface area contributed by atoms with E-state index in [-0.39, 0.29) is 12.0 Å². The van der Waals surface area contributed by atoms with Crippen LogP contribution in [-0.2, 0) is 23.8 Å². The molecule has 148 valence electrons. The number of carbonyl (C=O) groups excluding carboxylic acids is 2. The zero-order valence-electron chi connectivity index (χ0n) is 15.8. The van der Waals surface area contributed by atoms with E-state index in [1.165, 1.54) is 12.2 Å². The Labute approximate surface area is 158 Å². The van der Waals surface area contributed by atoms with Gasteiger partial charge in [-0.3, -0.25) is 4.79 Å². The number of esters is 1. The van der Waals surface area contributed by atoms with E-state index in [9.17, 15) is 19.8 Å². The summed E-state index contributed by atoms with van der Waals surface area (Å²) in [5.74, 6) is -1.95. The Bertz CT molecular complexity index is 709. The number of hydrogen-bond acceptors (Lipinski definition) is 7. The monoisotopic (exact) mass is 378 g/mol. The van der Waals surface area contributed by atoms with Crippen LogP contribution in [0.5, 0.6) is 0 Å². The number of aliphatic hydroxyl groups is 2.